The molecular formula is C44H28ClN9O28S7. The summed E-state index contributed by atoms with van der Waals surface area (Å²) in [5, 5.41) is 71.6. The van der Waals surface area contributed by atoms with Crippen molar-refractivity contribution in [3.8, 4) is 23.0 Å². The molecule has 0 amide bonds. The number of ether oxygens (including phenoxy) is 1. The molecule has 37 nitrogen and oxygen atoms in total. The van der Waals surface area contributed by atoms with Crippen molar-refractivity contribution in [2.45, 2.75) is 19.6 Å². The molecule has 10 N–H and O–H groups in total. The Morgan fingerprint density at radius 1 is 0.483 bits per heavy atom. The van der Waals surface area contributed by atoms with Crippen molar-refractivity contribution in [1.82, 2.24) is 0 Å². The van der Waals surface area contributed by atoms with Crippen molar-refractivity contribution in [3.05, 3.63) is 114 Å². The summed E-state index contributed by atoms with van der Waals surface area (Å²) >= 11 is 5.96. The van der Waals surface area contributed by atoms with Crippen molar-refractivity contribution in [2.24, 2.45) is 40.9 Å². The number of phenolic OH excluding ortho intramolecular Hbond substituents is 3. The van der Waals surface area contributed by atoms with E-state index in [-0.39, 0.29) is 50.6 Å². The molecule has 0 aliphatic heterocycles. The maximum absolute atomic E-state index is 13.0. The number of carboxylic acids is 1. The zero-order chi connectivity index (χ0) is 66.8. The molecule has 0 aliphatic carbocycles. The van der Waals surface area contributed by atoms with Gasteiger partial charge in [-0.3, -0.25) is 23.0 Å². The Morgan fingerprint density at radius 3 is 1.55 bits per heavy atom. The fraction of sp³-hybridized carbons (Fsp3) is 0. The Labute approximate surface area is 504 Å². The minimum absolute atomic E-state index is 0.0443. The number of carboxylic acid groups (broad SMARTS) is 1. The van der Waals surface area contributed by atoms with Gasteiger partial charge in [0.15, 0.2) is 17.2 Å². The predicted octanol–water partition coefficient (Wildman–Crippen LogP) is 7.37. The first kappa shape index (κ1) is 69.6. The van der Waals surface area contributed by atoms with Crippen LogP contribution in [0, 0.1) is 0 Å². The lowest BCUT2D eigenvalue weighted by Crippen LogP contribution is -2.03. The number of azo groups is 4. The standard InChI is InChI=1S/C44H28ClN9O19S4.3O3S/c45-20-2-1-3-21(13-20)47-54-39-36(76(67,68)69)16-27-23(41(39)57)7-11-30(43(27)77(70,71)72)50-53-33-17-34(74(61,62)63)25-8-10-29(42(58)37(25)38(33)46)49-52-32-15-26-19(12-35(32)75(64,65)66)4-9-28(40(26)56)48-51-31-14-22(73-18-55)5-6-24(31)44(59)60;3*1-4(2)3/h1-18,56-58H,46H2,(H,59,60)(H,61,62,63)(H,64,65,66)(H,67,68,69)(H,70,71,72);;;. The van der Waals surface area contributed by atoms with Gasteiger partial charge in [-0.05, 0) is 84.2 Å². The van der Waals surface area contributed by atoms with E-state index in [4.69, 9.17) is 60.0 Å². The maximum Gasteiger partial charge on any atom is 0.425 e. The summed E-state index contributed by atoms with van der Waals surface area (Å²) in [6.45, 7) is 0.0771. The van der Waals surface area contributed by atoms with E-state index in [9.17, 15) is 81.9 Å². The molecular weight excluding hydrogens is 1360 g/mol. The predicted molar refractivity (Wildman–Crippen MR) is 298 cm³/mol. The van der Waals surface area contributed by atoms with Gasteiger partial charge in [0.1, 0.15) is 65.1 Å². The van der Waals surface area contributed by atoms with Gasteiger partial charge in [0.05, 0.1) is 22.3 Å². The quantitative estimate of drug-likeness (QED) is 0.0209. The van der Waals surface area contributed by atoms with Crippen LogP contribution >= 0.6 is 11.6 Å². The lowest BCUT2D eigenvalue weighted by Gasteiger charge is -2.13. The first-order valence-electron chi connectivity index (χ1n) is 22.1. The van der Waals surface area contributed by atoms with Crippen LogP contribution in [0.15, 0.2) is 164 Å². The molecule has 0 saturated heterocycles. The number of halogens is 1. The third-order valence-electron chi connectivity index (χ3n) is 10.8. The van der Waals surface area contributed by atoms with Crippen molar-refractivity contribution >= 4 is 180 Å². The molecule has 0 saturated carbocycles. The van der Waals surface area contributed by atoms with Crippen LogP contribution < -0.4 is 10.5 Å². The molecule has 0 radical (unpaired) electrons. The second-order valence-corrected chi connectivity index (χ2v) is 23.4. The molecule has 8 rings (SSSR count). The van der Waals surface area contributed by atoms with Crippen molar-refractivity contribution < 1.29 is 125 Å². The molecule has 0 aromatic heterocycles. The fourth-order valence-corrected chi connectivity index (χ4v) is 10.4. The lowest BCUT2D eigenvalue weighted by atomic mass is 10.1. The van der Waals surface area contributed by atoms with Gasteiger partial charge >= 0.3 is 37.8 Å². The molecule has 0 bridgehead atoms. The zero-order valence-electron chi connectivity index (χ0n) is 42.5. The smallest absolute Gasteiger partial charge is 0.425 e. The zero-order valence-corrected chi connectivity index (χ0v) is 49.0. The number of phenols is 3. The molecule has 8 aromatic rings. The first-order valence-corrected chi connectivity index (χ1v) is 31.2. The van der Waals surface area contributed by atoms with E-state index in [1.807, 2.05) is 0 Å². The van der Waals surface area contributed by atoms with Gasteiger partial charge in [0.2, 0.25) is 0 Å². The molecule has 45 heteroatoms. The molecule has 0 heterocycles. The largest absolute Gasteiger partial charge is 0.505 e. The number of anilines is 1. The van der Waals surface area contributed by atoms with Crippen LogP contribution in [-0.4, -0.2) is 123 Å². The molecule has 0 atom stereocenters. The summed E-state index contributed by atoms with van der Waals surface area (Å²) in [6.07, 6.45) is 0. The van der Waals surface area contributed by atoms with E-state index >= 15 is 0 Å². The molecule has 8 aromatic carbocycles. The van der Waals surface area contributed by atoms with Gasteiger partial charge in [-0.25, -0.2) is 4.79 Å². The van der Waals surface area contributed by atoms with E-state index in [1.54, 1.807) is 0 Å². The van der Waals surface area contributed by atoms with Gasteiger partial charge in [-0.2, -0.15) is 38.8 Å². The molecule has 0 spiro atoms. The minimum atomic E-state index is -5.53. The van der Waals surface area contributed by atoms with Crippen LogP contribution in [0.4, 0.5) is 51.2 Å². The Hall–Kier alpha value is -10.1. The molecule has 89 heavy (non-hydrogen) atoms. The van der Waals surface area contributed by atoms with Gasteiger partial charge in [-0.1, -0.05) is 29.8 Å². The number of carbonyl (C=O) groups excluding carboxylic acids is 1. The number of rotatable bonds is 15. The van der Waals surface area contributed by atoms with E-state index in [2.05, 4.69) is 40.9 Å². The second kappa shape index (κ2) is 28.1. The summed E-state index contributed by atoms with van der Waals surface area (Å²) in [7, 11) is -30.7. The van der Waals surface area contributed by atoms with Gasteiger partial charge in [0.25, 0.3) is 46.9 Å². The van der Waals surface area contributed by atoms with Gasteiger partial charge in [0, 0.05) is 32.6 Å². The second-order valence-electron chi connectivity index (χ2n) is 16.2. The van der Waals surface area contributed by atoms with E-state index in [0.29, 0.717) is 12.1 Å². The van der Waals surface area contributed by atoms with E-state index < -0.39 is 171 Å². The monoisotopic (exact) mass is 1390 g/mol. The number of aromatic hydroxyl groups is 3. The maximum atomic E-state index is 13.0. The average molecular weight is 1390 g/mol. The summed E-state index contributed by atoms with van der Waals surface area (Å²) < 4.78 is 224. The number of nitrogens with zero attached hydrogens (tertiary/aromatic N) is 8. The number of hydrogen-bond acceptors (Lipinski definition) is 32. The number of nitrogens with two attached hydrogens (primary N) is 1. The van der Waals surface area contributed by atoms with Gasteiger partial charge < -0.3 is 30.9 Å². The average Bonchev–Trinajstić information content (AvgIpc) is 0.779. The molecule has 0 unspecified atom stereocenters. The van der Waals surface area contributed by atoms with Crippen LogP contribution in [0.25, 0.3) is 32.3 Å². The fourth-order valence-electron chi connectivity index (χ4n) is 7.42. The highest BCUT2D eigenvalue weighted by Gasteiger charge is 2.29. The van der Waals surface area contributed by atoms with Crippen LogP contribution in [0.5, 0.6) is 23.0 Å². The summed E-state index contributed by atoms with van der Waals surface area (Å²) in [5.74, 6) is -4.34. The van der Waals surface area contributed by atoms with Crippen LogP contribution in [0.3, 0.4) is 0 Å². The molecule has 0 aliphatic rings. The highest BCUT2D eigenvalue weighted by molar-refractivity contribution is 7.87. The number of carbonyl (C=O) groups is 2. The van der Waals surface area contributed by atoms with Crippen molar-refractivity contribution in [1.29, 1.82) is 0 Å². The lowest BCUT2D eigenvalue weighted by molar-refractivity contribution is -0.120. The Morgan fingerprint density at radius 2 is 1.00 bits per heavy atom. The number of aromatic carboxylic acids is 1. The number of nitrogen functional groups attached to an aromatic ring is 1. The Kier molecular flexibility index (Phi) is 22.0. The normalized spacial score (nSPS) is 11.9. The third kappa shape index (κ3) is 17.8. The minimum Gasteiger partial charge on any atom is -0.505 e. The highest BCUT2D eigenvalue weighted by Crippen LogP contribution is 2.49. The van der Waals surface area contributed by atoms with Crippen molar-refractivity contribution in [2.75, 3.05) is 5.73 Å². The number of benzene rings is 8. The SMILES string of the molecule is Nc1c(N=Nc2ccc3c(O)c(N=Nc4cccc(Cl)c4)c(S(=O)(=O)O)cc3c2S(=O)(=O)O)cc(S(=O)(=O)O)c2ccc(N=Nc3cc4c(O)c(N=Nc5cc(OC=O)ccc5C(=O)O)ccc4cc3S(=O)(=O)O)c(O)c12.O=S(=O)=O.O=S(=O)=O.O=S(=O)=O. The summed E-state index contributed by atoms with van der Waals surface area (Å²) in [6, 6.07) is 17.9. The highest BCUT2D eigenvalue weighted by atomic mass is 35.5. The van der Waals surface area contributed by atoms with Crippen LogP contribution in [-0.2, 0) is 77.1 Å². The molecule has 466 valence electrons. The Balaban J connectivity index is 0.00000110. The van der Waals surface area contributed by atoms with E-state index in [0.717, 1.165) is 54.6 Å². The summed E-state index contributed by atoms with van der Waals surface area (Å²) in [5.41, 5.74) is 0.922. The number of fused-ring (bicyclic) bond motifs is 3. The number of hydrogen-bond donors (Lipinski definition) is 9. The van der Waals surface area contributed by atoms with Gasteiger partial charge in [-0.15, -0.1) is 73.7 Å². The third-order valence-corrected chi connectivity index (χ3v) is 14.6. The molecule has 0 fully saturated rings. The topological polar surface area (TPSA) is 620 Å². The van der Waals surface area contributed by atoms with E-state index in [1.165, 1.54) is 36.4 Å². The first-order chi connectivity index (χ1) is 41.3. The van der Waals surface area contributed by atoms with Crippen LogP contribution in [0.1, 0.15) is 10.4 Å². The van der Waals surface area contributed by atoms with Crippen LogP contribution in [0.2, 0.25) is 5.02 Å². The Bertz CT molecular complexity index is 5190. The summed E-state index contributed by atoms with van der Waals surface area (Å²) in [4.78, 5) is 18.3. The van der Waals surface area contributed by atoms with Crippen molar-refractivity contribution in [3.63, 3.8) is 0 Å².